The van der Waals surface area contributed by atoms with Crippen LogP contribution in [0.15, 0.2) is 57.7 Å². The highest BCUT2D eigenvalue weighted by atomic mass is 16.5. The Morgan fingerprint density at radius 3 is 2.80 bits per heavy atom. The zero-order valence-corrected chi connectivity index (χ0v) is 14.0. The van der Waals surface area contributed by atoms with Crippen molar-refractivity contribution in [1.82, 2.24) is 4.90 Å². The van der Waals surface area contributed by atoms with E-state index >= 15 is 0 Å². The monoisotopic (exact) mass is 337 g/mol. The van der Waals surface area contributed by atoms with Crippen molar-refractivity contribution in [1.29, 1.82) is 0 Å². The minimum atomic E-state index is -0.332. The van der Waals surface area contributed by atoms with Crippen molar-refractivity contribution in [2.24, 2.45) is 0 Å². The number of benzene rings is 2. The molecular formula is C20H19NO4. The van der Waals surface area contributed by atoms with Gasteiger partial charge in [0.1, 0.15) is 18.1 Å². The minimum absolute atomic E-state index is 0.332. The largest absolute Gasteiger partial charge is 0.478 e. The van der Waals surface area contributed by atoms with Crippen LogP contribution in [0.3, 0.4) is 0 Å². The van der Waals surface area contributed by atoms with Crippen LogP contribution in [0.4, 0.5) is 0 Å². The van der Waals surface area contributed by atoms with Gasteiger partial charge in [-0.2, -0.15) is 0 Å². The van der Waals surface area contributed by atoms with Crippen molar-refractivity contribution >= 4 is 11.0 Å². The molecule has 2 heterocycles. The number of hydrogen-bond acceptors (Lipinski definition) is 5. The summed E-state index contributed by atoms with van der Waals surface area (Å²) in [6, 6.07) is 15.3. The molecule has 0 aliphatic carbocycles. The van der Waals surface area contributed by atoms with E-state index in [1.165, 1.54) is 0 Å². The highest BCUT2D eigenvalue weighted by Gasteiger charge is 2.21. The molecule has 1 aliphatic heterocycles. The molecule has 128 valence electrons. The molecule has 2 aromatic carbocycles. The number of rotatable bonds is 4. The fourth-order valence-corrected chi connectivity index (χ4v) is 3.12. The van der Waals surface area contributed by atoms with Crippen molar-refractivity contribution in [3.05, 3.63) is 64.5 Å². The molecular weight excluding hydrogens is 318 g/mol. The molecule has 3 aromatic rings. The molecule has 0 saturated heterocycles. The first-order valence-electron chi connectivity index (χ1n) is 8.25. The number of ether oxygens (including phenoxy) is 2. The van der Waals surface area contributed by atoms with E-state index in [1.807, 2.05) is 48.5 Å². The molecule has 1 aromatic heterocycles. The van der Waals surface area contributed by atoms with Gasteiger partial charge in [0.2, 0.25) is 0 Å². The molecule has 0 amide bonds. The highest BCUT2D eigenvalue weighted by molar-refractivity contribution is 5.86. The average molecular weight is 337 g/mol. The maximum absolute atomic E-state index is 12.5. The van der Waals surface area contributed by atoms with Crippen molar-refractivity contribution in [2.75, 3.05) is 27.0 Å². The summed E-state index contributed by atoms with van der Waals surface area (Å²) in [6.45, 7) is 2.57. The zero-order valence-electron chi connectivity index (χ0n) is 14.0. The molecule has 5 nitrogen and oxygen atoms in total. The van der Waals surface area contributed by atoms with Gasteiger partial charge in [0.15, 0.2) is 0 Å². The number of methoxy groups -OCH3 is 1. The molecule has 1 aliphatic rings. The van der Waals surface area contributed by atoms with Crippen molar-refractivity contribution in [2.45, 2.75) is 6.54 Å². The maximum Gasteiger partial charge on any atom is 0.344 e. The topological polar surface area (TPSA) is 51.9 Å². The van der Waals surface area contributed by atoms with Crippen LogP contribution in [0.1, 0.15) is 5.56 Å². The first-order valence-corrected chi connectivity index (χ1v) is 8.25. The predicted molar refractivity (Wildman–Crippen MR) is 95.7 cm³/mol. The van der Waals surface area contributed by atoms with Crippen LogP contribution in [0.2, 0.25) is 0 Å². The average Bonchev–Trinajstić information content (AvgIpc) is 2.66. The third kappa shape index (κ3) is 3.04. The van der Waals surface area contributed by atoms with E-state index in [-0.39, 0.29) is 5.63 Å². The standard InChI is InChI=1S/C20H19NO4/c1-23-10-9-21-12-17-18(24-13-21)8-7-15-11-16(20(22)25-19(15)17)14-5-3-2-4-6-14/h2-8,11H,9-10,12-13H2,1H3. The van der Waals surface area contributed by atoms with E-state index in [9.17, 15) is 4.79 Å². The van der Waals surface area contributed by atoms with Crippen molar-refractivity contribution < 1.29 is 13.9 Å². The van der Waals surface area contributed by atoms with Gasteiger partial charge in [-0.05, 0) is 23.8 Å². The summed E-state index contributed by atoms with van der Waals surface area (Å²) < 4.78 is 16.6. The van der Waals surface area contributed by atoms with E-state index < -0.39 is 0 Å². The highest BCUT2D eigenvalue weighted by Crippen LogP contribution is 2.33. The normalized spacial score (nSPS) is 14.3. The maximum atomic E-state index is 12.5. The molecule has 0 radical (unpaired) electrons. The second kappa shape index (κ2) is 6.70. The van der Waals surface area contributed by atoms with Crippen LogP contribution < -0.4 is 10.4 Å². The molecule has 0 saturated carbocycles. The Bertz CT molecular complexity index is 949. The van der Waals surface area contributed by atoms with Crippen LogP contribution in [0, 0.1) is 0 Å². The summed E-state index contributed by atoms with van der Waals surface area (Å²) in [6.07, 6.45) is 0. The van der Waals surface area contributed by atoms with Gasteiger partial charge in [-0.25, -0.2) is 4.79 Å². The Kier molecular flexibility index (Phi) is 4.26. The van der Waals surface area contributed by atoms with Gasteiger partial charge in [-0.15, -0.1) is 0 Å². The summed E-state index contributed by atoms with van der Waals surface area (Å²) in [5, 5.41) is 0.898. The van der Waals surface area contributed by atoms with Gasteiger partial charge in [0.05, 0.1) is 17.7 Å². The predicted octanol–water partition coefficient (Wildman–Crippen LogP) is 3.26. The van der Waals surface area contributed by atoms with Crippen LogP contribution in [-0.4, -0.2) is 31.9 Å². The molecule has 0 unspecified atom stereocenters. The van der Waals surface area contributed by atoms with Crippen molar-refractivity contribution in [3.8, 4) is 16.9 Å². The lowest BCUT2D eigenvalue weighted by molar-refractivity contribution is 0.0658. The third-order valence-electron chi connectivity index (χ3n) is 4.44. The summed E-state index contributed by atoms with van der Waals surface area (Å²) in [5.74, 6) is 0.775. The second-order valence-corrected chi connectivity index (χ2v) is 6.09. The van der Waals surface area contributed by atoms with E-state index in [0.717, 1.165) is 28.8 Å². The summed E-state index contributed by atoms with van der Waals surface area (Å²) in [4.78, 5) is 14.7. The Hall–Kier alpha value is -2.63. The third-order valence-corrected chi connectivity index (χ3v) is 4.44. The Morgan fingerprint density at radius 2 is 2.00 bits per heavy atom. The summed E-state index contributed by atoms with van der Waals surface area (Å²) >= 11 is 0. The van der Waals surface area contributed by atoms with Gasteiger partial charge in [-0.1, -0.05) is 30.3 Å². The van der Waals surface area contributed by atoms with Crippen LogP contribution in [0.25, 0.3) is 22.1 Å². The number of nitrogens with zero attached hydrogens (tertiary/aromatic N) is 1. The lowest BCUT2D eigenvalue weighted by atomic mass is 10.0. The lowest BCUT2D eigenvalue weighted by Crippen LogP contribution is -2.34. The second-order valence-electron chi connectivity index (χ2n) is 6.09. The quantitative estimate of drug-likeness (QED) is 0.684. The summed E-state index contributed by atoms with van der Waals surface area (Å²) in [5.41, 5.74) is 2.61. The van der Waals surface area contributed by atoms with Crippen LogP contribution in [-0.2, 0) is 11.3 Å². The molecule has 25 heavy (non-hydrogen) atoms. The van der Waals surface area contributed by atoms with Crippen LogP contribution >= 0.6 is 0 Å². The molecule has 0 fully saturated rings. The van der Waals surface area contributed by atoms with Gasteiger partial charge in [-0.3, -0.25) is 4.90 Å². The van der Waals surface area contributed by atoms with Gasteiger partial charge in [0, 0.05) is 25.6 Å². The smallest absolute Gasteiger partial charge is 0.344 e. The van der Waals surface area contributed by atoms with E-state index in [4.69, 9.17) is 13.9 Å². The Balaban J connectivity index is 1.78. The van der Waals surface area contributed by atoms with Gasteiger partial charge < -0.3 is 13.9 Å². The molecule has 0 spiro atoms. The zero-order chi connectivity index (χ0) is 17.2. The molecule has 0 N–H and O–H groups in total. The van der Waals surface area contributed by atoms with E-state index in [1.54, 1.807) is 7.11 Å². The molecule has 5 heteroatoms. The first-order chi connectivity index (χ1) is 12.3. The fraction of sp³-hybridized carbons (Fsp3) is 0.250. The fourth-order valence-electron chi connectivity index (χ4n) is 3.12. The van der Waals surface area contributed by atoms with Crippen molar-refractivity contribution in [3.63, 3.8) is 0 Å². The number of fused-ring (bicyclic) bond motifs is 3. The minimum Gasteiger partial charge on any atom is -0.478 e. The first kappa shape index (κ1) is 15.9. The van der Waals surface area contributed by atoms with E-state index in [0.29, 0.717) is 31.0 Å². The molecule has 0 bridgehead atoms. The SMILES string of the molecule is COCCN1COc2ccc3cc(-c4ccccc4)c(=O)oc3c2C1. The summed E-state index contributed by atoms with van der Waals surface area (Å²) in [7, 11) is 1.68. The lowest BCUT2D eigenvalue weighted by Gasteiger charge is -2.28. The molecule has 4 rings (SSSR count). The Labute approximate surface area is 145 Å². The van der Waals surface area contributed by atoms with Gasteiger partial charge in [0.25, 0.3) is 0 Å². The van der Waals surface area contributed by atoms with E-state index in [2.05, 4.69) is 4.90 Å². The number of hydrogen-bond donors (Lipinski definition) is 0. The van der Waals surface area contributed by atoms with Crippen LogP contribution in [0.5, 0.6) is 5.75 Å². The Morgan fingerprint density at radius 1 is 1.16 bits per heavy atom. The molecule has 0 atom stereocenters. The van der Waals surface area contributed by atoms with Gasteiger partial charge >= 0.3 is 5.63 Å².